The van der Waals surface area contributed by atoms with Gasteiger partial charge in [0, 0.05) is 5.92 Å². The van der Waals surface area contributed by atoms with Gasteiger partial charge in [0.05, 0.1) is 0 Å². The maximum Gasteiger partial charge on any atom is 0.321 e. The Bertz CT molecular complexity index is 886. The topological polar surface area (TPSA) is 26.3 Å². The standard InChI is InChI=1S/C27H32O2/c1-3-5-7-9-11-17-23-21-15-12-13-16-22(21)24-18-25-20(14-10-8-6-4-2)19-27(23,24)26(28)29-25/h9-17,19,24-25H,3-8,18H2,1-2H3/b11-9+,14-10+,23-17+/t24-,25?,27-/m1/s1. The highest BCUT2D eigenvalue weighted by molar-refractivity contribution is 6.02. The van der Waals surface area contributed by atoms with Gasteiger partial charge in [-0.25, -0.2) is 0 Å². The molecule has 5 rings (SSSR count). The Morgan fingerprint density at radius 1 is 1.10 bits per heavy atom. The Labute approximate surface area is 175 Å². The predicted octanol–water partition coefficient (Wildman–Crippen LogP) is 6.90. The SMILES string of the molecule is CCCC/C=C/C=C1\c2ccccc2[C@H]2CC3OC(=O)[C@]12C=C3/C=C/CCCC. The van der Waals surface area contributed by atoms with E-state index in [-0.39, 0.29) is 18.0 Å². The van der Waals surface area contributed by atoms with Crippen molar-refractivity contribution in [1.29, 1.82) is 0 Å². The summed E-state index contributed by atoms with van der Waals surface area (Å²) in [7, 11) is 0. The summed E-state index contributed by atoms with van der Waals surface area (Å²) < 4.78 is 5.94. The summed E-state index contributed by atoms with van der Waals surface area (Å²) in [6, 6.07) is 8.53. The van der Waals surface area contributed by atoms with E-state index in [0.717, 1.165) is 24.8 Å². The lowest BCUT2D eigenvalue weighted by Gasteiger charge is -2.45. The molecule has 2 aliphatic heterocycles. The molecule has 0 amide bonds. The van der Waals surface area contributed by atoms with Crippen LogP contribution in [0.15, 0.2) is 66.3 Å². The van der Waals surface area contributed by atoms with Crippen molar-refractivity contribution in [3.05, 3.63) is 77.4 Å². The van der Waals surface area contributed by atoms with Crippen LogP contribution in [-0.4, -0.2) is 12.1 Å². The van der Waals surface area contributed by atoms with Gasteiger partial charge in [-0.05, 0) is 41.5 Å². The molecule has 4 aliphatic rings. The van der Waals surface area contributed by atoms with Crippen molar-refractivity contribution in [2.75, 3.05) is 0 Å². The van der Waals surface area contributed by atoms with E-state index in [9.17, 15) is 4.79 Å². The molecule has 1 aromatic carbocycles. The highest BCUT2D eigenvalue weighted by Crippen LogP contribution is 2.63. The summed E-state index contributed by atoms with van der Waals surface area (Å²) in [6.45, 7) is 4.42. The highest BCUT2D eigenvalue weighted by atomic mass is 16.5. The molecule has 0 saturated carbocycles. The maximum absolute atomic E-state index is 13.2. The van der Waals surface area contributed by atoms with Gasteiger partial charge in [-0.15, -0.1) is 0 Å². The van der Waals surface area contributed by atoms with Gasteiger partial charge in [0.15, 0.2) is 0 Å². The molecule has 1 saturated heterocycles. The van der Waals surface area contributed by atoms with Crippen molar-refractivity contribution in [2.45, 2.75) is 70.8 Å². The van der Waals surface area contributed by atoms with Gasteiger partial charge in [-0.1, -0.05) is 100 Å². The van der Waals surface area contributed by atoms with Crippen LogP contribution >= 0.6 is 0 Å². The third-order valence-electron chi connectivity index (χ3n) is 6.58. The van der Waals surface area contributed by atoms with E-state index in [1.165, 1.54) is 42.4 Å². The zero-order valence-corrected chi connectivity index (χ0v) is 17.7. The molecule has 1 fully saturated rings. The minimum atomic E-state index is -0.669. The molecular formula is C27H32O2. The van der Waals surface area contributed by atoms with Crippen molar-refractivity contribution in [2.24, 2.45) is 5.41 Å². The average Bonchev–Trinajstić information content (AvgIpc) is 3.02. The number of hydrogen-bond acceptors (Lipinski definition) is 2. The number of carbonyl (C=O) groups is 1. The predicted molar refractivity (Wildman–Crippen MR) is 120 cm³/mol. The van der Waals surface area contributed by atoms with Crippen LogP contribution in [-0.2, 0) is 9.53 Å². The van der Waals surface area contributed by atoms with Crippen LogP contribution in [0.5, 0.6) is 0 Å². The first-order chi connectivity index (χ1) is 14.2. The number of esters is 1. The van der Waals surface area contributed by atoms with Crippen molar-refractivity contribution >= 4 is 11.5 Å². The summed E-state index contributed by atoms with van der Waals surface area (Å²) in [5.41, 5.74) is 4.12. The number of allylic oxidation sites excluding steroid dienone is 4. The van der Waals surface area contributed by atoms with Gasteiger partial charge in [-0.2, -0.15) is 0 Å². The minimum absolute atomic E-state index is 0.0751. The van der Waals surface area contributed by atoms with E-state index in [2.05, 4.69) is 74.6 Å². The quantitative estimate of drug-likeness (QED) is 0.357. The number of hydrogen-bond donors (Lipinski definition) is 0. The molecule has 3 atom stereocenters. The lowest BCUT2D eigenvalue weighted by molar-refractivity contribution is -0.163. The fraction of sp³-hybridized carbons (Fsp3) is 0.444. The van der Waals surface area contributed by atoms with E-state index >= 15 is 0 Å². The number of ether oxygens (including phenoxy) is 1. The second kappa shape index (κ2) is 8.57. The van der Waals surface area contributed by atoms with Crippen LogP contribution in [0.4, 0.5) is 0 Å². The van der Waals surface area contributed by atoms with Crippen LogP contribution in [0.2, 0.25) is 0 Å². The number of fused-ring (bicyclic) bond motifs is 2. The smallest absolute Gasteiger partial charge is 0.321 e. The molecule has 1 unspecified atom stereocenters. The summed E-state index contributed by atoms with van der Waals surface area (Å²) >= 11 is 0. The first kappa shape index (κ1) is 19.9. The average molecular weight is 389 g/mol. The van der Waals surface area contributed by atoms with Crippen LogP contribution in [0.25, 0.3) is 5.57 Å². The van der Waals surface area contributed by atoms with E-state index in [4.69, 9.17) is 4.74 Å². The monoisotopic (exact) mass is 388 g/mol. The number of carbonyl (C=O) groups excluding carboxylic acids is 1. The number of rotatable bonds is 8. The van der Waals surface area contributed by atoms with Gasteiger partial charge in [0.1, 0.15) is 11.5 Å². The summed E-state index contributed by atoms with van der Waals surface area (Å²) in [5, 5.41) is 0. The Morgan fingerprint density at radius 2 is 1.86 bits per heavy atom. The van der Waals surface area contributed by atoms with E-state index in [1.54, 1.807) is 0 Å². The largest absolute Gasteiger partial charge is 0.457 e. The fourth-order valence-electron chi connectivity index (χ4n) is 5.06. The van der Waals surface area contributed by atoms with Crippen molar-refractivity contribution in [1.82, 2.24) is 0 Å². The third-order valence-corrected chi connectivity index (χ3v) is 6.58. The molecule has 1 aromatic rings. The first-order valence-corrected chi connectivity index (χ1v) is 11.3. The highest BCUT2D eigenvalue weighted by Gasteiger charge is 2.61. The second-order valence-corrected chi connectivity index (χ2v) is 8.48. The lowest BCUT2D eigenvalue weighted by atomic mass is 9.64. The fourth-order valence-corrected chi connectivity index (χ4v) is 5.06. The van der Waals surface area contributed by atoms with Crippen LogP contribution in [0, 0.1) is 5.41 Å². The molecule has 152 valence electrons. The van der Waals surface area contributed by atoms with E-state index in [0.29, 0.717) is 0 Å². The molecule has 2 nitrogen and oxygen atoms in total. The molecule has 29 heavy (non-hydrogen) atoms. The van der Waals surface area contributed by atoms with Gasteiger partial charge in [0.2, 0.25) is 0 Å². The molecule has 2 bridgehead atoms. The molecule has 0 radical (unpaired) electrons. The minimum Gasteiger partial charge on any atom is -0.457 e. The maximum atomic E-state index is 13.2. The molecular weight excluding hydrogens is 356 g/mol. The number of benzene rings is 1. The van der Waals surface area contributed by atoms with Gasteiger partial charge >= 0.3 is 5.97 Å². The molecule has 2 heteroatoms. The zero-order valence-electron chi connectivity index (χ0n) is 17.7. The zero-order chi connectivity index (χ0) is 20.3. The van der Waals surface area contributed by atoms with Crippen LogP contribution in [0.3, 0.4) is 0 Å². The summed E-state index contributed by atoms with van der Waals surface area (Å²) in [5.74, 6) is 0.113. The third kappa shape index (κ3) is 3.43. The van der Waals surface area contributed by atoms with Gasteiger partial charge < -0.3 is 4.74 Å². The normalized spacial score (nSPS) is 28.8. The second-order valence-electron chi connectivity index (χ2n) is 8.48. The molecule has 2 aliphatic carbocycles. The molecule has 0 aromatic heterocycles. The first-order valence-electron chi connectivity index (χ1n) is 11.3. The van der Waals surface area contributed by atoms with E-state index < -0.39 is 5.41 Å². The lowest BCUT2D eigenvalue weighted by Crippen LogP contribution is -2.48. The Balaban J connectivity index is 1.75. The van der Waals surface area contributed by atoms with Gasteiger partial charge in [0.25, 0.3) is 0 Å². The van der Waals surface area contributed by atoms with Crippen LogP contribution < -0.4 is 0 Å². The number of unbranched alkanes of at least 4 members (excludes halogenated alkanes) is 4. The molecule has 0 N–H and O–H groups in total. The summed E-state index contributed by atoms with van der Waals surface area (Å²) in [4.78, 5) is 13.2. The molecule has 1 spiro atoms. The van der Waals surface area contributed by atoms with E-state index in [1.807, 2.05) is 0 Å². The summed E-state index contributed by atoms with van der Waals surface area (Å²) in [6.07, 6.45) is 20.9. The van der Waals surface area contributed by atoms with Gasteiger partial charge in [-0.3, -0.25) is 4.79 Å². The Morgan fingerprint density at radius 3 is 2.66 bits per heavy atom. The van der Waals surface area contributed by atoms with Crippen molar-refractivity contribution in [3.63, 3.8) is 0 Å². The van der Waals surface area contributed by atoms with Crippen molar-refractivity contribution in [3.8, 4) is 0 Å². The van der Waals surface area contributed by atoms with Crippen molar-refractivity contribution < 1.29 is 9.53 Å². The Kier molecular flexibility index (Phi) is 5.89. The molecule has 2 heterocycles. The van der Waals surface area contributed by atoms with Crippen LogP contribution in [0.1, 0.15) is 75.8 Å². The Hall–Kier alpha value is -2.35.